The number of piperazine rings is 1. The molecule has 0 bridgehead atoms. The van der Waals surface area contributed by atoms with Gasteiger partial charge in [-0.15, -0.1) is 0 Å². The largest absolute Gasteiger partial charge is 0.494 e. The standard InChI is InChI=1S/C21H26N2O3S/c1-2-26-18-8-10-19(11-9-18)27(24,25)23-15-13-22(14-16-23)21-12-7-17-5-3-4-6-20(17)21/h3-6,8-11,21H,2,7,12-16H2,1H3. The van der Waals surface area contributed by atoms with Gasteiger partial charge in [0.05, 0.1) is 11.5 Å². The van der Waals surface area contributed by atoms with E-state index in [2.05, 4.69) is 29.2 Å². The summed E-state index contributed by atoms with van der Waals surface area (Å²) in [4.78, 5) is 2.78. The Hall–Kier alpha value is -1.89. The molecule has 6 heteroatoms. The molecule has 0 radical (unpaired) electrons. The van der Waals surface area contributed by atoms with Gasteiger partial charge in [-0.05, 0) is 55.2 Å². The predicted molar refractivity (Wildman–Crippen MR) is 105 cm³/mol. The third-order valence-electron chi connectivity index (χ3n) is 5.59. The smallest absolute Gasteiger partial charge is 0.243 e. The molecule has 5 nitrogen and oxygen atoms in total. The molecule has 2 aliphatic rings. The van der Waals surface area contributed by atoms with Crippen molar-refractivity contribution in [1.82, 2.24) is 9.21 Å². The Morgan fingerprint density at radius 1 is 1.00 bits per heavy atom. The first-order chi connectivity index (χ1) is 13.1. The summed E-state index contributed by atoms with van der Waals surface area (Å²) in [6, 6.07) is 15.8. The Bertz CT molecular complexity index is 888. The van der Waals surface area contributed by atoms with Crippen LogP contribution in [0.25, 0.3) is 0 Å². The molecule has 1 aliphatic heterocycles. The minimum atomic E-state index is -3.45. The topological polar surface area (TPSA) is 49.9 Å². The van der Waals surface area contributed by atoms with E-state index in [9.17, 15) is 8.42 Å². The van der Waals surface area contributed by atoms with Crippen molar-refractivity contribution in [1.29, 1.82) is 0 Å². The fourth-order valence-corrected chi connectivity index (χ4v) is 5.62. The van der Waals surface area contributed by atoms with Crippen molar-refractivity contribution in [3.05, 3.63) is 59.7 Å². The minimum absolute atomic E-state index is 0.339. The number of sulfonamides is 1. The average molecular weight is 387 g/mol. The van der Waals surface area contributed by atoms with E-state index >= 15 is 0 Å². The van der Waals surface area contributed by atoms with E-state index in [0.717, 1.165) is 25.9 Å². The molecule has 1 atom stereocenters. The minimum Gasteiger partial charge on any atom is -0.494 e. The molecule has 144 valence electrons. The van der Waals surface area contributed by atoms with E-state index in [1.165, 1.54) is 11.1 Å². The molecule has 0 spiro atoms. The van der Waals surface area contributed by atoms with Crippen molar-refractivity contribution in [3.8, 4) is 5.75 Å². The molecule has 1 aliphatic carbocycles. The molecule has 1 heterocycles. The third kappa shape index (κ3) is 3.61. The lowest BCUT2D eigenvalue weighted by Crippen LogP contribution is -2.49. The van der Waals surface area contributed by atoms with Gasteiger partial charge in [-0.3, -0.25) is 4.90 Å². The van der Waals surface area contributed by atoms with Crippen molar-refractivity contribution in [3.63, 3.8) is 0 Å². The van der Waals surface area contributed by atoms with E-state index in [1.54, 1.807) is 28.6 Å². The van der Waals surface area contributed by atoms with Gasteiger partial charge in [0.1, 0.15) is 5.75 Å². The Balaban J connectivity index is 1.43. The second kappa shape index (κ2) is 7.62. The Morgan fingerprint density at radius 2 is 1.70 bits per heavy atom. The van der Waals surface area contributed by atoms with Crippen LogP contribution in [0.4, 0.5) is 0 Å². The van der Waals surface area contributed by atoms with Crippen molar-refractivity contribution >= 4 is 10.0 Å². The molecule has 2 aromatic carbocycles. The van der Waals surface area contributed by atoms with Gasteiger partial charge in [-0.25, -0.2) is 8.42 Å². The van der Waals surface area contributed by atoms with Gasteiger partial charge >= 0.3 is 0 Å². The number of benzene rings is 2. The normalized spacial score (nSPS) is 21.1. The fraction of sp³-hybridized carbons (Fsp3) is 0.429. The summed E-state index contributed by atoms with van der Waals surface area (Å²) >= 11 is 0. The van der Waals surface area contributed by atoms with E-state index in [0.29, 0.717) is 36.4 Å². The summed E-state index contributed by atoms with van der Waals surface area (Å²) in [5.74, 6) is 0.696. The van der Waals surface area contributed by atoms with Gasteiger partial charge in [0, 0.05) is 32.2 Å². The zero-order chi connectivity index (χ0) is 18.9. The van der Waals surface area contributed by atoms with Gasteiger partial charge < -0.3 is 4.74 Å². The molecule has 0 N–H and O–H groups in total. The summed E-state index contributed by atoms with van der Waals surface area (Å²) in [6.45, 7) is 5.10. The number of nitrogens with zero attached hydrogens (tertiary/aromatic N) is 2. The maximum absolute atomic E-state index is 12.9. The van der Waals surface area contributed by atoms with Crippen molar-refractivity contribution in [2.24, 2.45) is 0 Å². The number of ether oxygens (including phenoxy) is 1. The molecule has 0 amide bonds. The maximum atomic E-state index is 12.9. The van der Waals surface area contributed by atoms with Crippen LogP contribution in [-0.4, -0.2) is 50.4 Å². The summed E-state index contributed by atoms with van der Waals surface area (Å²) in [7, 11) is -3.45. The average Bonchev–Trinajstić information content (AvgIpc) is 3.13. The lowest BCUT2D eigenvalue weighted by atomic mass is 10.1. The zero-order valence-electron chi connectivity index (χ0n) is 15.7. The van der Waals surface area contributed by atoms with Crippen molar-refractivity contribution in [2.45, 2.75) is 30.7 Å². The zero-order valence-corrected chi connectivity index (χ0v) is 16.5. The fourth-order valence-electron chi connectivity index (χ4n) is 4.19. The number of hydrogen-bond donors (Lipinski definition) is 0. The maximum Gasteiger partial charge on any atom is 0.243 e. The highest BCUT2D eigenvalue weighted by Gasteiger charge is 2.33. The van der Waals surface area contributed by atoms with Crippen LogP contribution in [0.3, 0.4) is 0 Å². The number of aryl methyl sites for hydroxylation is 1. The van der Waals surface area contributed by atoms with Crippen LogP contribution in [0.15, 0.2) is 53.4 Å². The van der Waals surface area contributed by atoms with Gasteiger partial charge in [-0.2, -0.15) is 4.31 Å². The summed E-state index contributed by atoms with van der Waals surface area (Å²) in [6.07, 6.45) is 2.25. The lowest BCUT2D eigenvalue weighted by Gasteiger charge is -2.37. The first-order valence-corrected chi connectivity index (χ1v) is 11.1. The van der Waals surface area contributed by atoms with Crippen LogP contribution in [-0.2, 0) is 16.4 Å². The van der Waals surface area contributed by atoms with E-state index < -0.39 is 10.0 Å². The van der Waals surface area contributed by atoms with Gasteiger partial charge in [-0.1, -0.05) is 24.3 Å². The molecule has 0 saturated carbocycles. The molecular formula is C21H26N2O3S. The van der Waals surface area contributed by atoms with E-state index in [-0.39, 0.29) is 0 Å². The van der Waals surface area contributed by atoms with E-state index in [4.69, 9.17) is 4.74 Å². The summed E-state index contributed by atoms with van der Waals surface area (Å²) in [5.41, 5.74) is 2.85. The van der Waals surface area contributed by atoms with Gasteiger partial charge in [0.15, 0.2) is 0 Å². The monoisotopic (exact) mass is 386 g/mol. The summed E-state index contributed by atoms with van der Waals surface area (Å²) < 4.78 is 32.9. The van der Waals surface area contributed by atoms with Crippen LogP contribution in [0, 0.1) is 0 Å². The first-order valence-electron chi connectivity index (χ1n) is 9.64. The van der Waals surface area contributed by atoms with Gasteiger partial charge in [0.25, 0.3) is 0 Å². The quantitative estimate of drug-likeness (QED) is 0.792. The molecule has 1 unspecified atom stereocenters. The molecule has 4 rings (SSSR count). The van der Waals surface area contributed by atoms with Crippen LogP contribution in [0.1, 0.15) is 30.5 Å². The highest BCUT2D eigenvalue weighted by atomic mass is 32.2. The number of rotatable bonds is 5. The molecular weight excluding hydrogens is 360 g/mol. The number of hydrogen-bond acceptors (Lipinski definition) is 4. The molecule has 27 heavy (non-hydrogen) atoms. The number of fused-ring (bicyclic) bond motifs is 1. The van der Waals surface area contributed by atoms with Crippen LogP contribution in [0.2, 0.25) is 0 Å². The second-order valence-corrected chi connectivity index (χ2v) is 9.04. The molecule has 1 saturated heterocycles. The van der Waals surface area contributed by atoms with Crippen LogP contribution in [0.5, 0.6) is 5.75 Å². The van der Waals surface area contributed by atoms with Crippen molar-refractivity contribution in [2.75, 3.05) is 32.8 Å². The Kier molecular flexibility index (Phi) is 5.21. The molecule has 0 aromatic heterocycles. The molecule has 1 fully saturated rings. The molecule has 2 aromatic rings. The lowest BCUT2D eigenvalue weighted by molar-refractivity contribution is 0.137. The Morgan fingerprint density at radius 3 is 2.41 bits per heavy atom. The predicted octanol–water partition coefficient (Wildman–Crippen LogP) is 3.08. The first kappa shape index (κ1) is 18.5. The van der Waals surface area contributed by atoms with Crippen molar-refractivity contribution < 1.29 is 13.2 Å². The van der Waals surface area contributed by atoms with E-state index in [1.807, 2.05) is 6.92 Å². The highest BCUT2D eigenvalue weighted by Crippen LogP contribution is 2.36. The highest BCUT2D eigenvalue weighted by molar-refractivity contribution is 7.89. The van der Waals surface area contributed by atoms with Crippen LogP contribution < -0.4 is 4.74 Å². The summed E-state index contributed by atoms with van der Waals surface area (Å²) in [5, 5.41) is 0. The SMILES string of the molecule is CCOc1ccc(S(=O)(=O)N2CCN(C3CCc4ccccc43)CC2)cc1. The van der Waals surface area contributed by atoms with Crippen LogP contribution >= 0.6 is 0 Å². The Labute approximate surface area is 161 Å². The second-order valence-electron chi connectivity index (χ2n) is 7.10. The van der Waals surface area contributed by atoms with Gasteiger partial charge in [0.2, 0.25) is 10.0 Å². The third-order valence-corrected chi connectivity index (χ3v) is 7.50.